The molecule has 0 aliphatic carbocycles. The monoisotopic (exact) mass is 337 g/mol. The first-order valence-corrected chi connectivity index (χ1v) is 7.09. The zero-order valence-corrected chi connectivity index (χ0v) is 12.7. The standard InChI is InChI=1S/C14H16BrN3O2/c1-10-11(8-16-7-6-14(19)20)9-18(17-10)13-4-2-12(15)3-5-13/h2-5,9,16H,6-8H2,1H3,(H,19,20). The number of hydrogen-bond acceptors (Lipinski definition) is 3. The van der Waals surface area contributed by atoms with Crippen molar-refractivity contribution in [3.63, 3.8) is 0 Å². The van der Waals surface area contributed by atoms with Crippen molar-refractivity contribution in [3.05, 3.63) is 46.2 Å². The predicted octanol–water partition coefficient (Wildman–Crippen LogP) is 2.51. The van der Waals surface area contributed by atoms with Crippen LogP contribution in [0.1, 0.15) is 17.7 Å². The Kier molecular flexibility index (Phi) is 4.92. The van der Waals surface area contributed by atoms with Crippen LogP contribution in [0.2, 0.25) is 0 Å². The van der Waals surface area contributed by atoms with Gasteiger partial charge in [-0.25, -0.2) is 4.68 Å². The Morgan fingerprint density at radius 1 is 1.40 bits per heavy atom. The summed E-state index contributed by atoms with van der Waals surface area (Å²) in [5.41, 5.74) is 3.00. The molecule has 106 valence electrons. The normalized spacial score (nSPS) is 10.7. The quantitative estimate of drug-likeness (QED) is 0.795. The Bertz CT molecular complexity index is 593. The first-order chi connectivity index (χ1) is 9.56. The van der Waals surface area contributed by atoms with Crippen molar-refractivity contribution in [1.29, 1.82) is 0 Å². The summed E-state index contributed by atoms with van der Waals surface area (Å²) in [6.45, 7) is 3.03. The van der Waals surface area contributed by atoms with E-state index >= 15 is 0 Å². The molecular weight excluding hydrogens is 322 g/mol. The fourth-order valence-electron chi connectivity index (χ4n) is 1.81. The molecule has 6 heteroatoms. The average molecular weight is 338 g/mol. The molecule has 20 heavy (non-hydrogen) atoms. The molecule has 2 N–H and O–H groups in total. The van der Waals surface area contributed by atoms with Crippen molar-refractivity contribution < 1.29 is 9.90 Å². The topological polar surface area (TPSA) is 67.2 Å². The van der Waals surface area contributed by atoms with Crippen molar-refractivity contribution >= 4 is 21.9 Å². The maximum Gasteiger partial charge on any atom is 0.304 e. The second-order valence-electron chi connectivity index (χ2n) is 4.48. The third kappa shape index (κ3) is 3.91. The van der Waals surface area contributed by atoms with Gasteiger partial charge < -0.3 is 10.4 Å². The van der Waals surface area contributed by atoms with Crippen LogP contribution in [0.4, 0.5) is 0 Å². The minimum absolute atomic E-state index is 0.125. The van der Waals surface area contributed by atoms with Gasteiger partial charge in [-0.3, -0.25) is 4.79 Å². The van der Waals surface area contributed by atoms with Crippen molar-refractivity contribution in [1.82, 2.24) is 15.1 Å². The lowest BCUT2D eigenvalue weighted by Crippen LogP contribution is -2.17. The van der Waals surface area contributed by atoms with Gasteiger partial charge in [-0.2, -0.15) is 5.10 Å². The molecule has 0 saturated carbocycles. The Morgan fingerprint density at radius 2 is 2.10 bits per heavy atom. The number of nitrogens with one attached hydrogen (secondary N) is 1. The molecule has 0 radical (unpaired) electrons. The van der Waals surface area contributed by atoms with Crippen LogP contribution < -0.4 is 5.32 Å². The third-order valence-electron chi connectivity index (χ3n) is 2.92. The number of halogens is 1. The smallest absolute Gasteiger partial charge is 0.304 e. The lowest BCUT2D eigenvalue weighted by atomic mass is 10.2. The molecule has 2 aromatic rings. The van der Waals surface area contributed by atoms with Gasteiger partial charge in [0.05, 0.1) is 17.8 Å². The van der Waals surface area contributed by atoms with E-state index in [4.69, 9.17) is 5.11 Å². The summed E-state index contributed by atoms with van der Waals surface area (Å²) in [5.74, 6) is -0.792. The molecule has 0 saturated heterocycles. The Labute approximate surface area is 125 Å². The maximum atomic E-state index is 10.4. The summed E-state index contributed by atoms with van der Waals surface area (Å²) in [4.78, 5) is 10.4. The number of carboxylic acids is 1. The Balaban J connectivity index is 2.02. The number of carbonyl (C=O) groups is 1. The van der Waals surface area contributed by atoms with E-state index in [-0.39, 0.29) is 6.42 Å². The summed E-state index contributed by atoms with van der Waals surface area (Å²) in [6.07, 6.45) is 2.09. The fourth-order valence-corrected chi connectivity index (χ4v) is 2.08. The van der Waals surface area contributed by atoms with Crippen LogP contribution in [0.5, 0.6) is 0 Å². The minimum atomic E-state index is -0.792. The Morgan fingerprint density at radius 3 is 2.75 bits per heavy atom. The lowest BCUT2D eigenvalue weighted by molar-refractivity contribution is -0.136. The largest absolute Gasteiger partial charge is 0.481 e. The second kappa shape index (κ2) is 6.67. The van der Waals surface area contributed by atoms with Crippen LogP contribution in [0.3, 0.4) is 0 Å². The maximum absolute atomic E-state index is 10.4. The van der Waals surface area contributed by atoms with Crippen LogP contribution >= 0.6 is 15.9 Å². The van der Waals surface area contributed by atoms with E-state index in [9.17, 15) is 4.79 Å². The Hall–Kier alpha value is -1.66. The first kappa shape index (κ1) is 14.7. The van der Waals surface area contributed by atoms with Gasteiger partial charge in [0, 0.05) is 29.3 Å². The van der Waals surface area contributed by atoms with Gasteiger partial charge in [0.1, 0.15) is 0 Å². The summed E-state index contributed by atoms with van der Waals surface area (Å²) >= 11 is 3.40. The third-order valence-corrected chi connectivity index (χ3v) is 3.45. The molecule has 0 amide bonds. The minimum Gasteiger partial charge on any atom is -0.481 e. The van der Waals surface area contributed by atoms with Crippen molar-refractivity contribution in [2.75, 3.05) is 6.54 Å². The summed E-state index contributed by atoms with van der Waals surface area (Å²) < 4.78 is 2.86. The molecule has 1 aromatic carbocycles. The number of benzene rings is 1. The molecule has 0 aliphatic heterocycles. The highest BCUT2D eigenvalue weighted by atomic mass is 79.9. The van der Waals surface area contributed by atoms with Gasteiger partial charge in [-0.15, -0.1) is 0 Å². The highest BCUT2D eigenvalue weighted by Crippen LogP contribution is 2.15. The fraction of sp³-hybridized carbons (Fsp3) is 0.286. The van der Waals surface area contributed by atoms with Crippen molar-refractivity contribution in [2.45, 2.75) is 19.9 Å². The number of aliphatic carboxylic acids is 1. The zero-order valence-electron chi connectivity index (χ0n) is 11.1. The molecule has 2 rings (SSSR count). The van der Waals surface area contributed by atoms with Gasteiger partial charge in [-0.05, 0) is 31.2 Å². The van der Waals surface area contributed by atoms with Crippen LogP contribution in [0.25, 0.3) is 5.69 Å². The predicted molar refractivity (Wildman–Crippen MR) is 80.0 cm³/mol. The van der Waals surface area contributed by atoms with Gasteiger partial charge in [0.25, 0.3) is 0 Å². The van der Waals surface area contributed by atoms with E-state index in [0.29, 0.717) is 13.1 Å². The first-order valence-electron chi connectivity index (χ1n) is 6.30. The van der Waals surface area contributed by atoms with Gasteiger partial charge in [0.15, 0.2) is 0 Å². The molecule has 0 aliphatic rings. The van der Waals surface area contributed by atoms with Crippen LogP contribution in [0, 0.1) is 6.92 Å². The average Bonchev–Trinajstić information content (AvgIpc) is 2.77. The number of hydrogen-bond donors (Lipinski definition) is 2. The number of aryl methyl sites for hydroxylation is 1. The number of nitrogens with zero attached hydrogens (tertiary/aromatic N) is 2. The number of rotatable bonds is 6. The van der Waals surface area contributed by atoms with E-state index < -0.39 is 5.97 Å². The molecule has 0 fully saturated rings. The molecule has 1 heterocycles. The zero-order chi connectivity index (χ0) is 14.5. The van der Waals surface area contributed by atoms with E-state index in [1.54, 1.807) is 0 Å². The molecule has 5 nitrogen and oxygen atoms in total. The summed E-state index contributed by atoms with van der Waals surface area (Å²) in [6, 6.07) is 7.91. The highest BCUT2D eigenvalue weighted by Gasteiger charge is 2.06. The summed E-state index contributed by atoms with van der Waals surface area (Å²) in [5, 5.41) is 16.2. The molecule has 0 bridgehead atoms. The SMILES string of the molecule is Cc1nn(-c2ccc(Br)cc2)cc1CNCCC(=O)O. The van der Waals surface area contributed by atoms with E-state index in [1.807, 2.05) is 42.1 Å². The van der Waals surface area contributed by atoms with Crippen LogP contribution in [0.15, 0.2) is 34.9 Å². The molecule has 1 aromatic heterocycles. The lowest BCUT2D eigenvalue weighted by Gasteiger charge is -2.01. The summed E-state index contributed by atoms with van der Waals surface area (Å²) in [7, 11) is 0. The van der Waals surface area contributed by atoms with E-state index in [2.05, 4.69) is 26.3 Å². The van der Waals surface area contributed by atoms with Crippen LogP contribution in [-0.4, -0.2) is 27.4 Å². The molecule has 0 atom stereocenters. The highest BCUT2D eigenvalue weighted by molar-refractivity contribution is 9.10. The molecular formula is C14H16BrN3O2. The van der Waals surface area contributed by atoms with E-state index in [0.717, 1.165) is 21.4 Å². The van der Waals surface area contributed by atoms with Crippen molar-refractivity contribution in [2.24, 2.45) is 0 Å². The number of aromatic nitrogens is 2. The molecule has 0 unspecified atom stereocenters. The van der Waals surface area contributed by atoms with Crippen molar-refractivity contribution in [3.8, 4) is 5.69 Å². The van der Waals surface area contributed by atoms with Gasteiger partial charge >= 0.3 is 5.97 Å². The van der Waals surface area contributed by atoms with Gasteiger partial charge in [-0.1, -0.05) is 15.9 Å². The van der Waals surface area contributed by atoms with Crippen LogP contribution in [-0.2, 0) is 11.3 Å². The van der Waals surface area contributed by atoms with Gasteiger partial charge in [0.2, 0.25) is 0 Å². The van der Waals surface area contributed by atoms with E-state index in [1.165, 1.54) is 0 Å². The number of carboxylic acid groups (broad SMARTS) is 1. The molecule has 0 spiro atoms. The second-order valence-corrected chi connectivity index (χ2v) is 5.40.